The number of carbonyl (C=O) groups excluding carboxylic acids is 2. The zero-order valence-corrected chi connectivity index (χ0v) is 14.2. The van der Waals surface area contributed by atoms with E-state index in [0.717, 1.165) is 0 Å². The van der Waals surface area contributed by atoms with E-state index >= 15 is 0 Å². The number of nitrogens with two attached hydrogens (primary N) is 1. The molecule has 0 saturated heterocycles. The monoisotopic (exact) mass is 378 g/mol. The van der Waals surface area contributed by atoms with Crippen LogP contribution in [-0.4, -0.2) is 55.4 Å². The van der Waals surface area contributed by atoms with Crippen LogP contribution in [0.15, 0.2) is 28.9 Å². The van der Waals surface area contributed by atoms with Crippen LogP contribution in [0.5, 0.6) is 0 Å². The average molecular weight is 378 g/mol. The molecule has 0 spiro atoms. The molecular formula is C15H18N6O6. The zero-order valence-electron chi connectivity index (χ0n) is 14.2. The summed E-state index contributed by atoms with van der Waals surface area (Å²) in [5.74, 6) is -2.17. The molecule has 0 saturated carbocycles. The number of carbonyl (C=O) groups is 3. The number of aromatic nitrogens is 3. The summed E-state index contributed by atoms with van der Waals surface area (Å²) in [7, 11) is 0. The predicted octanol–water partition coefficient (Wildman–Crippen LogP) is -0.819. The number of aliphatic carboxylic acids is 1. The van der Waals surface area contributed by atoms with E-state index in [2.05, 4.69) is 25.8 Å². The quantitative estimate of drug-likeness (QED) is 0.390. The maximum absolute atomic E-state index is 12.1. The number of carboxylic acid groups (broad SMARTS) is 1. The van der Waals surface area contributed by atoms with Gasteiger partial charge in [-0.1, -0.05) is 11.2 Å². The van der Waals surface area contributed by atoms with Crippen molar-refractivity contribution >= 4 is 17.9 Å². The summed E-state index contributed by atoms with van der Waals surface area (Å²) in [6.07, 6.45) is -0.189. The molecule has 6 N–H and O–H groups in total. The van der Waals surface area contributed by atoms with Gasteiger partial charge in [0, 0.05) is 6.20 Å². The largest absolute Gasteiger partial charge is 0.480 e. The smallest absolute Gasteiger partial charge is 0.328 e. The van der Waals surface area contributed by atoms with Gasteiger partial charge in [-0.25, -0.2) is 9.59 Å². The van der Waals surface area contributed by atoms with Gasteiger partial charge in [0.15, 0.2) is 6.04 Å². The SMILES string of the molecule is CC(O)C(NC(=O)N[C@@H](CC(N)=O)c1nc(-c2ccccn2)no1)C(=O)O. The number of pyridine rings is 1. The van der Waals surface area contributed by atoms with Crippen molar-refractivity contribution in [2.75, 3.05) is 0 Å². The molecule has 2 unspecified atom stereocenters. The Morgan fingerprint density at radius 2 is 2.04 bits per heavy atom. The molecule has 2 aromatic rings. The number of aliphatic hydroxyl groups is 1. The van der Waals surface area contributed by atoms with Gasteiger partial charge in [-0.2, -0.15) is 4.98 Å². The third-order valence-corrected chi connectivity index (χ3v) is 3.38. The number of aliphatic hydroxyl groups excluding tert-OH is 1. The summed E-state index contributed by atoms with van der Waals surface area (Å²) in [5, 5.41) is 26.5. The fraction of sp³-hybridized carbons (Fsp3) is 0.333. The topological polar surface area (TPSA) is 194 Å². The van der Waals surface area contributed by atoms with Crippen molar-refractivity contribution in [2.45, 2.75) is 31.5 Å². The average Bonchev–Trinajstić information content (AvgIpc) is 3.09. The van der Waals surface area contributed by atoms with Gasteiger partial charge < -0.3 is 31.1 Å². The van der Waals surface area contributed by atoms with Crippen molar-refractivity contribution in [1.29, 1.82) is 0 Å². The predicted molar refractivity (Wildman–Crippen MR) is 88.9 cm³/mol. The second-order valence-electron chi connectivity index (χ2n) is 5.57. The number of rotatable bonds is 8. The van der Waals surface area contributed by atoms with Crippen LogP contribution >= 0.6 is 0 Å². The fourth-order valence-electron chi connectivity index (χ4n) is 2.11. The van der Waals surface area contributed by atoms with E-state index in [4.69, 9.17) is 15.4 Å². The van der Waals surface area contributed by atoms with Crippen LogP contribution in [0.3, 0.4) is 0 Å². The molecule has 0 aliphatic carbocycles. The molecule has 0 radical (unpaired) electrons. The first-order valence-corrected chi connectivity index (χ1v) is 7.79. The van der Waals surface area contributed by atoms with E-state index in [1.807, 2.05) is 0 Å². The fourth-order valence-corrected chi connectivity index (χ4v) is 2.11. The van der Waals surface area contributed by atoms with Crippen LogP contribution < -0.4 is 16.4 Å². The maximum atomic E-state index is 12.1. The lowest BCUT2D eigenvalue weighted by Crippen LogP contribution is -2.52. The van der Waals surface area contributed by atoms with Crippen molar-refractivity contribution in [1.82, 2.24) is 25.8 Å². The number of nitrogens with zero attached hydrogens (tertiary/aromatic N) is 3. The summed E-state index contributed by atoms with van der Waals surface area (Å²) in [6, 6.07) is 1.44. The molecule has 12 heteroatoms. The lowest BCUT2D eigenvalue weighted by molar-refractivity contribution is -0.141. The molecule has 0 aliphatic heterocycles. The Bertz CT molecular complexity index is 808. The Morgan fingerprint density at radius 1 is 1.30 bits per heavy atom. The van der Waals surface area contributed by atoms with Gasteiger partial charge in [0.25, 0.3) is 0 Å². The van der Waals surface area contributed by atoms with E-state index in [9.17, 15) is 19.5 Å². The summed E-state index contributed by atoms with van der Waals surface area (Å²) < 4.78 is 5.07. The van der Waals surface area contributed by atoms with Gasteiger partial charge in [0.2, 0.25) is 17.6 Å². The van der Waals surface area contributed by atoms with E-state index in [-0.39, 0.29) is 18.1 Å². The first-order chi connectivity index (χ1) is 12.8. The van der Waals surface area contributed by atoms with Crippen LogP contribution in [0.25, 0.3) is 11.5 Å². The Hall–Kier alpha value is -3.54. The van der Waals surface area contributed by atoms with Crippen LogP contribution in [-0.2, 0) is 9.59 Å². The number of hydrogen-bond donors (Lipinski definition) is 5. The van der Waals surface area contributed by atoms with Crippen molar-refractivity contribution in [3.63, 3.8) is 0 Å². The number of primary amides is 1. The van der Waals surface area contributed by atoms with Crippen molar-refractivity contribution < 1.29 is 29.1 Å². The molecule has 0 aromatic carbocycles. The molecule has 2 rings (SSSR count). The van der Waals surface area contributed by atoms with E-state index in [1.165, 1.54) is 13.1 Å². The van der Waals surface area contributed by atoms with Crippen LogP contribution in [0.1, 0.15) is 25.3 Å². The standard InChI is InChI=1S/C15H18N6O6/c1-7(22)11(14(24)25)19-15(26)18-9(6-10(16)23)13-20-12(21-27-13)8-4-2-3-5-17-8/h2-5,7,9,11,22H,6H2,1H3,(H2,16,23)(H,24,25)(H2,18,19,26)/t7?,9-,11?/m0/s1. The second kappa shape index (κ2) is 8.71. The van der Waals surface area contributed by atoms with E-state index < -0.39 is 36.1 Å². The van der Waals surface area contributed by atoms with Gasteiger partial charge in [-0.3, -0.25) is 9.78 Å². The minimum Gasteiger partial charge on any atom is -0.480 e. The summed E-state index contributed by atoms with van der Waals surface area (Å²) in [5.41, 5.74) is 5.59. The Balaban J connectivity index is 2.16. The third kappa shape index (κ3) is 5.47. The summed E-state index contributed by atoms with van der Waals surface area (Å²) >= 11 is 0. The van der Waals surface area contributed by atoms with E-state index in [0.29, 0.717) is 5.69 Å². The molecule has 0 aliphatic rings. The lowest BCUT2D eigenvalue weighted by atomic mass is 10.2. The zero-order chi connectivity index (χ0) is 20.0. The van der Waals surface area contributed by atoms with Crippen LogP contribution in [0.4, 0.5) is 4.79 Å². The van der Waals surface area contributed by atoms with E-state index in [1.54, 1.807) is 18.2 Å². The molecule has 2 aromatic heterocycles. The highest BCUT2D eigenvalue weighted by Gasteiger charge is 2.28. The molecule has 2 heterocycles. The van der Waals surface area contributed by atoms with Crippen LogP contribution in [0.2, 0.25) is 0 Å². The molecule has 12 nitrogen and oxygen atoms in total. The normalized spacial score (nSPS) is 14.0. The van der Waals surface area contributed by atoms with Gasteiger partial charge in [0.1, 0.15) is 11.7 Å². The van der Waals surface area contributed by atoms with Crippen molar-refractivity contribution in [3.05, 3.63) is 30.3 Å². The van der Waals surface area contributed by atoms with Gasteiger partial charge in [-0.15, -0.1) is 0 Å². The van der Waals surface area contributed by atoms with Gasteiger partial charge in [-0.05, 0) is 19.1 Å². The molecule has 0 bridgehead atoms. The Morgan fingerprint density at radius 3 is 2.59 bits per heavy atom. The second-order valence-corrected chi connectivity index (χ2v) is 5.57. The van der Waals surface area contributed by atoms with Crippen LogP contribution in [0, 0.1) is 0 Å². The highest BCUT2D eigenvalue weighted by molar-refractivity contribution is 5.83. The molecular weight excluding hydrogens is 360 g/mol. The molecule has 0 fully saturated rings. The molecule has 144 valence electrons. The summed E-state index contributed by atoms with van der Waals surface area (Å²) in [6.45, 7) is 1.21. The molecule has 3 amide bonds. The lowest BCUT2D eigenvalue weighted by Gasteiger charge is -2.19. The first-order valence-electron chi connectivity index (χ1n) is 7.79. The Kier molecular flexibility index (Phi) is 6.38. The first kappa shape index (κ1) is 19.8. The van der Waals surface area contributed by atoms with Crippen molar-refractivity contribution in [3.8, 4) is 11.5 Å². The van der Waals surface area contributed by atoms with Crippen molar-refractivity contribution in [2.24, 2.45) is 5.73 Å². The number of urea groups is 1. The number of amides is 3. The molecule has 27 heavy (non-hydrogen) atoms. The third-order valence-electron chi connectivity index (χ3n) is 3.38. The number of carboxylic acids is 1. The summed E-state index contributed by atoms with van der Waals surface area (Å²) in [4.78, 5) is 42.5. The number of hydrogen-bond acceptors (Lipinski definition) is 8. The highest BCUT2D eigenvalue weighted by Crippen LogP contribution is 2.19. The minimum absolute atomic E-state index is 0.117. The Labute approximate surface area is 152 Å². The maximum Gasteiger partial charge on any atom is 0.328 e. The molecule has 3 atom stereocenters. The van der Waals surface area contributed by atoms with Gasteiger partial charge >= 0.3 is 12.0 Å². The highest BCUT2D eigenvalue weighted by atomic mass is 16.5. The minimum atomic E-state index is -1.55. The van der Waals surface area contributed by atoms with Gasteiger partial charge in [0.05, 0.1) is 12.5 Å². The number of nitrogens with one attached hydrogen (secondary N) is 2.